The second-order valence-corrected chi connectivity index (χ2v) is 13.3. The predicted octanol–water partition coefficient (Wildman–Crippen LogP) is 13.9. The molecule has 2 nitrogen and oxygen atoms in total. The first kappa shape index (κ1) is 30.0. The smallest absolute Gasteiger partial charge is 0.0547 e. The lowest BCUT2D eigenvalue weighted by molar-refractivity contribution is 1.18. The predicted molar refractivity (Wildman–Crippen MR) is 221 cm³/mol. The lowest BCUT2D eigenvalue weighted by atomic mass is 9.94. The van der Waals surface area contributed by atoms with Crippen molar-refractivity contribution in [1.82, 2.24) is 4.57 Å². The molecule has 0 unspecified atom stereocenters. The third-order valence-electron chi connectivity index (χ3n) is 10.4. The van der Waals surface area contributed by atoms with Crippen LogP contribution in [0.5, 0.6) is 0 Å². The molecule has 9 aromatic carbocycles. The van der Waals surface area contributed by atoms with Crippen LogP contribution in [0.25, 0.3) is 71.3 Å². The molecular formula is C50H34N2. The standard InChI is InChI=1S/C50H34N2/c1-3-16-38(17-4-1)51(40-31-28-36(29-32-40)43-23-12-25-45-42-21-8-7-14-35(42)30-33-46(43)45)41-20-11-15-37(34-41)44-24-13-27-49-50(44)47-22-9-10-26-48(47)52(49)39-18-5-2-6-19-39/h1-34H. The number of fused-ring (bicyclic) bond motifs is 6. The molecule has 10 aromatic rings. The number of hydrogen-bond acceptors (Lipinski definition) is 1. The molecule has 0 radical (unpaired) electrons. The van der Waals surface area contributed by atoms with Crippen LogP contribution in [-0.2, 0) is 0 Å². The number of aromatic nitrogens is 1. The zero-order valence-corrected chi connectivity index (χ0v) is 28.5. The first-order chi connectivity index (χ1) is 25.8. The maximum Gasteiger partial charge on any atom is 0.0547 e. The van der Waals surface area contributed by atoms with E-state index in [1.54, 1.807) is 0 Å². The number of benzene rings is 9. The highest BCUT2D eigenvalue weighted by Crippen LogP contribution is 2.42. The highest BCUT2D eigenvalue weighted by atomic mass is 15.1. The summed E-state index contributed by atoms with van der Waals surface area (Å²) in [5, 5.41) is 7.61. The van der Waals surface area contributed by atoms with Gasteiger partial charge in [0.2, 0.25) is 0 Å². The van der Waals surface area contributed by atoms with Gasteiger partial charge in [-0.1, -0.05) is 146 Å². The summed E-state index contributed by atoms with van der Waals surface area (Å²) in [4.78, 5) is 2.36. The van der Waals surface area contributed by atoms with E-state index in [0.717, 1.165) is 22.7 Å². The molecule has 0 aliphatic carbocycles. The fourth-order valence-corrected chi connectivity index (χ4v) is 8.03. The normalized spacial score (nSPS) is 11.5. The zero-order chi connectivity index (χ0) is 34.4. The Morgan fingerprint density at radius 2 is 0.942 bits per heavy atom. The minimum atomic E-state index is 1.11. The maximum atomic E-state index is 2.38. The van der Waals surface area contributed by atoms with Crippen LogP contribution in [-0.4, -0.2) is 4.57 Å². The third kappa shape index (κ3) is 4.96. The molecule has 1 aromatic heterocycles. The van der Waals surface area contributed by atoms with Crippen LogP contribution in [0.15, 0.2) is 206 Å². The van der Waals surface area contributed by atoms with Gasteiger partial charge in [0.25, 0.3) is 0 Å². The second kappa shape index (κ2) is 12.5. The molecule has 2 heteroatoms. The van der Waals surface area contributed by atoms with E-state index < -0.39 is 0 Å². The first-order valence-corrected chi connectivity index (χ1v) is 17.9. The maximum absolute atomic E-state index is 2.38. The number of para-hydroxylation sites is 3. The summed E-state index contributed by atoms with van der Waals surface area (Å²) in [6.45, 7) is 0. The van der Waals surface area contributed by atoms with E-state index in [1.807, 2.05) is 0 Å². The first-order valence-electron chi connectivity index (χ1n) is 17.9. The van der Waals surface area contributed by atoms with Gasteiger partial charge in [-0.3, -0.25) is 0 Å². The monoisotopic (exact) mass is 662 g/mol. The van der Waals surface area contributed by atoms with E-state index >= 15 is 0 Å². The molecule has 0 aliphatic heterocycles. The van der Waals surface area contributed by atoms with Crippen molar-refractivity contribution in [3.63, 3.8) is 0 Å². The summed E-state index contributed by atoms with van der Waals surface area (Å²) in [6, 6.07) is 74.6. The highest BCUT2D eigenvalue weighted by Gasteiger charge is 2.18. The Balaban J connectivity index is 1.10. The van der Waals surface area contributed by atoms with Crippen LogP contribution >= 0.6 is 0 Å². The number of hydrogen-bond donors (Lipinski definition) is 0. The van der Waals surface area contributed by atoms with E-state index in [-0.39, 0.29) is 0 Å². The van der Waals surface area contributed by atoms with Crippen LogP contribution in [0, 0.1) is 0 Å². The SMILES string of the molecule is c1ccc(N(c2ccc(-c3cccc4c3ccc3ccccc34)cc2)c2cccc(-c3cccc4c3c3ccccc3n4-c3ccccc3)c2)cc1. The van der Waals surface area contributed by atoms with Crippen molar-refractivity contribution in [1.29, 1.82) is 0 Å². The molecule has 0 fully saturated rings. The minimum absolute atomic E-state index is 1.11. The van der Waals surface area contributed by atoms with Gasteiger partial charge in [0.1, 0.15) is 0 Å². The summed E-state index contributed by atoms with van der Waals surface area (Å²) in [5.41, 5.74) is 11.7. The quantitative estimate of drug-likeness (QED) is 0.161. The van der Waals surface area contributed by atoms with Crippen molar-refractivity contribution in [3.8, 4) is 27.9 Å². The number of nitrogens with zero attached hydrogens (tertiary/aromatic N) is 2. The molecule has 0 spiro atoms. The molecule has 0 N–H and O–H groups in total. The van der Waals surface area contributed by atoms with E-state index in [1.165, 1.54) is 65.6 Å². The van der Waals surface area contributed by atoms with Crippen LogP contribution in [0.1, 0.15) is 0 Å². The van der Waals surface area contributed by atoms with Gasteiger partial charge in [-0.2, -0.15) is 0 Å². The van der Waals surface area contributed by atoms with Gasteiger partial charge in [-0.25, -0.2) is 0 Å². The van der Waals surface area contributed by atoms with Crippen molar-refractivity contribution in [2.75, 3.05) is 4.90 Å². The Morgan fingerprint density at radius 1 is 0.327 bits per heavy atom. The lowest BCUT2D eigenvalue weighted by Crippen LogP contribution is -2.09. The molecular weight excluding hydrogens is 629 g/mol. The Morgan fingerprint density at radius 3 is 1.79 bits per heavy atom. The largest absolute Gasteiger partial charge is 0.310 e. The van der Waals surface area contributed by atoms with Crippen molar-refractivity contribution >= 4 is 60.4 Å². The van der Waals surface area contributed by atoms with E-state index in [2.05, 4.69) is 216 Å². The van der Waals surface area contributed by atoms with Gasteiger partial charge in [0, 0.05) is 33.5 Å². The van der Waals surface area contributed by atoms with Gasteiger partial charge in [-0.05, 0) is 104 Å². The molecule has 0 saturated heterocycles. The van der Waals surface area contributed by atoms with Gasteiger partial charge >= 0.3 is 0 Å². The Labute approximate surface area is 303 Å². The van der Waals surface area contributed by atoms with Crippen molar-refractivity contribution in [3.05, 3.63) is 206 Å². The molecule has 0 bridgehead atoms. The van der Waals surface area contributed by atoms with Crippen LogP contribution in [0.3, 0.4) is 0 Å². The summed E-state index contributed by atoms with van der Waals surface area (Å²) in [7, 11) is 0. The third-order valence-corrected chi connectivity index (χ3v) is 10.4. The second-order valence-electron chi connectivity index (χ2n) is 13.3. The fraction of sp³-hybridized carbons (Fsp3) is 0. The summed E-state index contributed by atoms with van der Waals surface area (Å²) < 4.78 is 2.38. The van der Waals surface area contributed by atoms with Crippen molar-refractivity contribution in [2.45, 2.75) is 0 Å². The summed E-state index contributed by atoms with van der Waals surface area (Å²) >= 11 is 0. The van der Waals surface area contributed by atoms with E-state index in [4.69, 9.17) is 0 Å². The van der Waals surface area contributed by atoms with Crippen LogP contribution in [0.2, 0.25) is 0 Å². The lowest BCUT2D eigenvalue weighted by Gasteiger charge is -2.26. The van der Waals surface area contributed by atoms with Gasteiger partial charge in [0.05, 0.1) is 11.0 Å². The molecule has 0 atom stereocenters. The van der Waals surface area contributed by atoms with E-state index in [0.29, 0.717) is 0 Å². The molecule has 0 amide bonds. The summed E-state index contributed by atoms with van der Waals surface area (Å²) in [5.74, 6) is 0. The topological polar surface area (TPSA) is 8.17 Å². The Hall–Kier alpha value is -6.90. The molecule has 52 heavy (non-hydrogen) atoms. The van der Waals surface area contributed by atoms with Crippen molar-refractivity contribution in [2.24, 2.45) is 0 Å². The zero-order valence-electron chi connectivity index (χ0n) is 28.5. The minimum Gasteiger partial charge on any atom is -0.310 e. The molecule has 1 heterocycles. The molecule has 0 aliphatic rings. The van der Waals surface area contributed by atoms with Crippen molar-refractivity contribution < 1.29 is 0 Å². The van der Waals surface area contributed by atoms with Crippen LogP contribution < -0.4 is 4.90 Å². The molecule has 10 rings (SSSR count). The average molecular weight is 663 g/mol. The average Bonchev–Trinajstić information content (AvgIpc) is 3.56. The summed E-state index contributed by atoms with van der Waals surface area (Å²) in [6.07, 6.45) is 0. The Bertz CT molecular complexity index is 2890. The van der Waals surface area contributed by atoms with Gasteiger partial charge < -0.3 is 9.47 Å². The Kier molecular flexibility index (Phi) is 7.18. The molecule has 244 valence electrons. The molecule has 0 saturated carbocycles. The highest BCUT2D eigenvalue weighted by molar-refractivity contribution is 6.16. The fourth-order valence-electron chi connectivity index (χ4n) is 8.03. The van der Waals surface area contributed by atoms with Crippen LogP contribution in [0.4, 0.5) is 17.1 Å². The van der Waals surface area contributed by atoms with Gasteiger partial charge in [-0.15, -0.1) is 0 Å². The van der Waals surface area contributed by atoms with Gasteiger partial charge in [0.15, 0.2) is 0 Å². The van der Waals surface area contributed by atoms with E-state index in [9.17, 15) is 0 Å². The number of rotatable bonds is 6. The number of anilines is 3.